The number of para-hydroxylation sites is 1. The molecule has 0 fully saturated rings. The van der Waals surface area contributed by atoms with Gasteiger partial charge in [-0.1, -0.05) is 18.2 Å². The lowest BCUT2D eigenvalue weighted by Crippen LogP contribution is -2.49. The predicted octanol–water partition coefficient (Wildman–Crippen LogP) is 2.84. The first-order valence-electron chi connectivity index (χ1n) is 6.02. The van der Waals surface area contributed by atoms with Gasteiger partial charge in [0, 0.05) is 12.2 Å². The first-order chi connectivity index (χ1) is 8.89. The van der Waals surface area contributed by atoms with Crippen LogP contribution in [0.2, 0.25) is 0 Å². The summed E-state index contributed by atoms with van der Waals surface area (Å²) in [6.45, 7) is 0.231. The van der Waals surface area contributed by atoms with Crippen LogP contribution >= 0.6 is 0 Å². The number of carboxylic acid groups (broad SMARTS) is 1. The Balaban J connectivity index is 2.36. The van der Waals surface area contributed by atoms with Crippen molar-refractivity contribution in [3.05, 3.63) is 29.8 Å². The lowest BCUT2D eigenvalue weighted by atomic mass is 9.99. The van der Waals surface area contributed by atoms with E-state index in [9.17, 15) is 18.0 Å². The molecule has 0 spiro atoms. The number of carbonyl (C=O) groups is 1. The van der Waals surface area contributed by atoms with Crippen LogP contribution in [0.1, 0.15) is 18.4 Å². The van der Waals surface area contributed by atoms with Crippen molar-refractivity contribution in [2.24, 2.45) is 0 Å². The van der Waals surface area contributed by atoms with Gasteiger partial charge in [0.2, 0.25) is 0 Å². The fourth-order valence-electron chi connectivity index (χ4n) is 2.45. The Morgan fingerprint density at radius 3 is 2.68 bits per heavy atom. The maximum atomic E-state index is 13.1. The number of hydrogen-bond donors (Lipinski definition) is 1. The van der Waals surface area contributed by atoms with Gasteiger partial charge in [0.15, 0.2) is 0 Å². The molecule has 1 N–H and O–H groups in total. The smallest absolute Gasteiger partial charge is 0.409 e. The highest BCUT2D eigenvalue weighted by Gasteiger charge is 2.45. The molecule has 0 bridgehead atoms. The Kier molecular flexibility index (Phi) is 3.68. The predicted molar refractivity (Wildman–Crippen MR) is 64.2 cm³/mol. The second kappa shape index (κ2) is 5.11. The minimum atomic E-state index is -4.55. The zero-order valence-electron chi connectivity index (χ0n) is 10.2. The monoisotopic (exact) mass is 273 g/mol. The van der Waals surface area contributed by atoms with Crippen LogP contribution in [0.15, 0.2) is 24.3 Å². The normalized spacial score (nSPS) is 16.9. The molecule has 1 heterocycles. The van der Waals surface area contributed by atoms with Crippen molar-refractivity contribution in [2.75, 3.05) is 11.4 Å². The van der Waals surface area contributed by atoms with E-state index >= 15 is 0 Å². The van der Waals surface area contributed by atoms with Gasteiger partial charge in [0.1, 0.15) is 6.04 Å². The largest absolute Gasteiger partial charge is 0.481 e. The number of aliphatic carboxylic acids is 1. The number of nitrogens with zero attached hydrogens (tertiary/aromatic N) is 1. The molecular formula is C13H14F3NO2. The van der Waals surface area contributed by atoms with Crippen molar-refractivity contribution in [1.82, 2.24) is 0 Å². The molecule has 1 aromatic rings. The maximum Gasteiger partial charge on any atom is 0.409 e. The van der Waals surface area contributed by atoms with E-state index in [0.29, 0.717) is 12.1 Å². The number of fused-ring (bicyclic) bond motifs is 1. The molecule has 0 aromatic heterocycles. The molecule has 0 saturated carbocycles. The number of halogens is 3. The molecule has 1 aliphatic heterocycles. The molecule has 0 aliphatic carbocycles. The molecular weight excluding hydrogens is 259 g/mol. The highest BCUT2D eigenvalue weighted by Crippen LogP contribution is 2.35. The second-order valence-electron chi connectivity index (χ2n) is 4.58. The second-order valence-corrected chi connectivity index (χ2v) is 4.58. The molecule has 0 radical (unpaired) electrons. The van der Waals surface area contributed by atoms with Crippen LogP contribution in [0.4, 0.5) is 18.9 Å². The zero-order chi connectivity index (χ0) is 14.0. The van der Waals surface area contributed by atoms with E-state index in [1.54, 1.807) is 24.3 Å². The Bertz CT molecular complexity index is 473. The van der Waals surface area contributed by atoms with Crippen LogP contribution in [0.5, 0.6) is 0 Å². The summed E-state index contributed by atoms with van der Waals surface area (Å²) in [5.41, 5.74) is 1.34. The van der Waals surface area contributed by atoms with E-state index in [-0.39, 0.29) is 6.54 Å². The lowest BCUT2D eigenvalue weighted by molar-refractivity contribution is -0.162. The Labute approximate surface area is 108 Å². The van der Waals surface area contributed by atoms with Crippen LogP contribution in [0.25, 0.3) is 0 Å². The first-order valence-corrected chi connectivity index (χ1v) is 6.02. The number of rotatable bonds is 3. The molecule has 1 atom stereocenters. The van der Waals surface area contributed by atoms with Crippen LogP contribution in [-0.4, -0.2) is 29.8 Å². The summed E-state index contributed by atoms with van der Waals surface area (Å²) in [7, 11) is 0. The third-order valence-electron chi connectivity index (χ3n) is 3.27. The minimum Gasteiger partial charge on any atom is -0.481 e. The fraction of sp³-hybridized carbons (Fsp3) is 0.462. The lowest BCUT2D eigenvalue weighted by Gasteiger charge is -2.38. The van der Waals surface area contributed by atoms with Gasteiger partial charge in [-0.15, -0.1) is 0 Å². The first kappa shape index (κ1) is 13.7. The number of benzene rings is 1. The molecule has 0 amide bonds. The summed E-state index contributed by atoms with van der Waals surface area (Å²) in [4.78, 5) is 11.9. The zero-order valence-corrected chi connectivity index (χ0v) is 10.2. The number of aryl methyl sites for hydroxylation is 1. The summed E-state index contributed by atoms with van der Waals surface area (Å²) >= 11 is 0. The number of hydrogen-bond acceptors (Lipinski definition) is 2. The van der Waals surface area contributed by atoms with Crippen molar-refractivity contribution >= 4 is 11.7 Å². The van der Waals surface area contributed by atoms with Gasteiger partial charge in [-0.2, -0.15) is 13.2 Å². The molecule has 3 nitrogen and oxygen atoms in total. The van der Waals surface area contributed by atoms with E-state index in [1.807, 2.05) is 0 Å². The van der Waals surface area contributed by atoms with Gasteiger partial charge in [0.05, 0.1) is 6.42 Å². The van der Waals surface area contributed by atoms with Crippen molar-refractivity contribution in [3.63, 3.8) is 0 Å². The molecule has 6 heteroatoms. The fourth-order valence-corrected chi connectivity index (χ4v) is 2.45. The summed E-state index contributed by atoms with van der Waals surface area (Å²) in [5.74, 6) is -1.44. The summed E-state index contributed by atoms with van der Waals surface area (Å²) in [5, 5.41) is 8.70. The van der Waals surface area contributed by atoms with Crippen LogP contribution in [-0.2, 0) is 11.2 Å². The summed E-state index contributed by atoms with van der Waals surface area (Å²) in [6.07, 6.45) is -4.16. The van der Waals surface area contributed by atoms with Gasteiger partial charge in [-0.3, -0.25) is 4.79 Å². The van der Waals surface area contributed by atoms with E-state index in [2.05, 4.69) is 0 Å². The highest BCUT2D eigenvalue weighted by atomic mass is 19.4. The molecule has 0 saturated heterocycles. The number of anilines is 1. The summed E-state index contributed by atoms with van der Waals surface area (Å²) < 4.78 is 39.2. The Hall–Kier alpha value is -1.72. The van der Waals surface area contributed by atoms with Crippen molar-refractivity contribution in [2.45, 2.75) is 31.5 Å². The van der Waals surface area contributed by atoms with E-state index in [4.69, 9.17) is 5.11 Å². The number of alkyl halides is 3. The SMILES string of the molecule is O=C(O)CC(N1CCCc2ccccc21)C(F)(F)F. The van der Waals surface area contributed by atoms with Gasteiger partial charge >= 0.3 is 12.1 Å². The molecule has 19 heavy (non-hydrogen) atoms. The van der Waals surface area contributed by atoms with Gasteiger partial charge in [0.25, 0.3) is 0 Å². The van der Waals surface area contributed by atoms with Crippen LogP contribution in [0.3, 0.4) is 0 Å². The average Bonchev–Trinajstić information content (AvgIpc) is 2.34. The van der Waals surface area contributed by atoms with Gasteiger partial charge in [-0.05, 0) is 24.5 Å². The summed E-state index contributed by atoms with van der Waals surface area (Å²) in [6, 6.07) is 4.89. The van der Waals surface area contributed by atoms with Gasteiger partial charge in [-0.25, -0.2) is 0 Å². The van der Waals surface area contributed by atoms with Crippen molar-refractivity contribution in [1.29, 1.82) is 0 Å². The number of carboxylic acids is 1. The quantitative estimate of drug-likeness (QED) is 0.920. The van der Waals surface area contributed by atoms with Gasteiger partial charge < -0.3 is 10.0 Å². The van der Waals surface area contributed by atoms with Crippen LogP contribution in [0, 0.1) is 0 Å². The highest BCUT2D eigenvalue weighted by molar-refractivity contribution is 5.69. The molecule has 1 aliphatic rings. The Morgan fingerprint density at radius 2 is 2.05 bits per heavy atom. The molecule has 2 rings (SSSR count). The third kappa shape index (κ3) is 3.00. The van der Waals surface area contributed by atoms with E-state index in [0.717, 1.165) is 12.0 Å². The third-order valence-corrected chi connectivity index (χ3v) is 3.27. The molecule has 1 aromatic carbocycles. The maximum absolute atomic E-state index is 13.1. The van der Waals surface area contributed by atoms with Crippen molar-refractivity contribution in [3.8, 4) is 0 Å². The van der Waals surface area contributed by atoms with E-state index in [1.165, 1.54) is 4.90 Å². The average molecular weight is 273 g/mol. The minimum absolute atomic E-state index is 0.231. The van der Waals surface area contributed by atoms with E-state index < -0.39 is 24.6 Å². The van der Waals surface area contributed by atoms with Crippen molar-refractivity contribution < 1.29 is 23.1 Å². The molecule has 104 valence electrons. The Morgan fingerprint density at radius 1 is 1.37 bits per heavy atom. The topological polar surface area (TPSA) is 40.5 Å². The molecule has 1 unspecified atom stereocenters. The van der Waals surface area contributed by atoms with Crippen LogP contribution < -0.4 is 4.90 Å². The standard InChI is InChI=1S/C13H14F3NO2/c14-13(15,16)11(8-12(18)19)17-7-3-5-9-4-1-2-6-10(9)17/h1-2,4,6,11H,3,5,7-8H2,(H,18,19).